The first-order chi connectivity index (χ1) is 13.8. The molecule has 29 heavy (non-hydrogen) atoms. The van der Waals surface area contributed by atoms with Crippen molar-refractivity contribution in [3.8, 4) is 23.0 Å². The molecule has 2 rings (SSSR count). The Kier molecular flexibility index (Phi) is 8.38. The lowest BCUT2D eigenvalue weighted by Gasteiger charge is -2.14. The summed E-state index contributed by atoms with van der Waals surface area (Å²) < 4.78 is 20.7. The van der Waals surface area contributed by atoms with Gasteiger partial charge in [0.1, 0.15) is 17.4 Å². The Hall–Kier alpha value is -2.21. The highest BCUT2D eigenvalue weighted by Gasteiger charge is 2.40. The van der Waals surface area contributed by atoms with Crippen LogP contribution >= 0.6 is 11.8 Å². The van der Waals surface area contributed by atoms with E-state index in [0.717, 1.165) is 17.8 Å². The first kappa shape index (κ1) is 23.1. The maximum absolute atomic E-state index is 11.3. The number of thioether (sulfide) groups is 1. The molecule has 0 aromatic heterocycles. The van der Waals surface area contributed by atoms with Crippen molar-refractivity contribution in [3.05, 3.63) is 11.6 Å². The number of benzene rings is 1. The van der Waals surface area contributed by atoms with Crippen LogP contribution in [0.15, 0.2) is 11.1 Å². The van der Waals surface area contributed by atoms with Gasteiger partial charge in [0.2, 0.25) is 5.75 Å². The molecule has 0 radical (unpaired) electrons. The summed E-state index contributed by atoms with van der Waals surface area (Å²) in [6.45, 7) is 3.44. The van der Waals surface area contributed by atoms with Gasteiger partial charge in [-0.25, -0.2) is 4.79 Å². The Balaban J connectivity index is 1.93. The van der Waals surface area contributed by atoms with Crippen LogP contribution in [-0.2, 0) is 19.0 Å². The summed E-state index contributed by atoms with van der Waals surface area (Å²) >= 11 is 1.07. The van der Waals surface area contributed by atoms with Gasteiger partial charge in [0.25, 0.3) is 0 Å². The number of methoxy groups -OCH3 is 1. The fourth-order valence-corrected chi connectivity index (χ4v) is 3.57. The molecule has 162 valence electrons. The molecule has 1 aromatic rings. The van der Waals surface area contributed by atoms with Crippen LogP contribution in [0.5, 0.6) is 23.0 Å². The maximum atomic E-state index is 11.3. The molecular formula is C18H25NO9S. The average molecular weight is 431 g/mol. The van der Waals surface area contributed by atoms with Crippen LogP contribution in [0.2, 0.25) is 0 Å². The normalized spacial score (nSPS) is 18.6. The number of carboxylic acid groups (broad SMARTS) is 1. The topological polar surface area (TPSA) is 147 Å². The van der Waals surface area contributed by atoms with Crippen LogP contribution < -0.4 is 4.74 Å². The minimum Gasteiger partial charge on any atom is -0.507 e. The quantitative estimate of drug-likeness (QED) is 0.216. The number of aromatic hydroxyl groups is 3. The Morgan fingerprint density at radius 3 is 2.31 bits per heavy atom. The molecule has 0 saturated carbocycles. The smallest absolute Gasteiger partial charge is 0.332 e. The van der Waals surface area contributed by atoms with E-state index in [1.54, 1.807) is 7.11 Å². The van der Waals surface area contributed by atoms with E-state index in [2.05, 4.69) is 4.99 Å². The number of nitrogens with zero attached hydrogens (tertiary/aromatic N) is 1. The van der Waals surface area contributed by atoms with E-state index in [0.29, 0.717) is 26.4 Å². The standard InChI is InChI=1S/C18H25NO9S/c1-18(17(23)24)10-29-16(19-18)13-11(20)9-12(14(21)15(13)22)28-8-7-27-6-5-26-4-3-25-2/h9,20-22H,3-8,10H2,1-2H3,(H,23,24)/t18-/m1/s1. The molecule has 1 atom stereocenters. The molecule has 0 fully saturated rings. The van der Waals surface area contributed by atoms with Gasteiger partial charge in [0, 0.05) is 18.9 Å². The summed E-state index contributed by atoms with van der Waals surface area (Å²) in [4.78, 5) is 15.4. The van der Waals surface area contributed by atoms with Crippen LogP contribution in [0.25, 0.3) is 0 Å². The first-order valence-corrected chi connectivity index (χ1v) is 9.80. The van der Waals surface area contributed by atoms with Gasteiger partial charge in [-0.15, -0.1) is 11.8 Å². The van der Waals surface area contributed by atoms with Crippen LogP contribution in [0.1, 0.15) is 12.5 Å². The lowest BCUT2D eigenvalue weighted by Crippen LogP contribution is -2.33. The van der Waals surface area contributed by atoms with Gasteiger partial charge in [-0.1, -0.05) is 0 Å². The lowest BCUT2D eigenvalue weighted by molar-refractivity contribution is -0.141. The number of phenolic OH excluding ortho intramolecular Hbond substituents is 3. The van der Waals surface area contributed by atoms with Crippen LogP contribution in [0.4, 0.5) is 0 Å². The van der Waals surface area contributed by atoms with Crippen molar-refractivity contribution in [2.24, 2.45) is 4.99 Å². The third-order valence-corrected chi connectivity index (χ3v) is 5.30. The molecule has 1 aliphatic rings. The van der Waals surface area contributed by atoms with Gasteiger partial charge < -0.3 is 39.4 Å². The summed E-state index contributed by atoms with van der Waals surface area (Å²) in [5.41, 5.74) is -1.50. The van der Waals surface area contributed by atoms with E-state index in [1.807, 2.05) is 0 Å². The second-order valence-corrected chi connectivity index (χ2v) is 7.28. The van der Waals surface area contributed by atoms with Gasteiger partial charge >= 0.3 is 5.97 Å². The Morgan fingerprint density at radius 2 is 1.72 bits per heavy atom. The number of ether oxygens (including phenoxy) is 4. The van der Waals surface area contributed by atoms with Crippen LogP contribution in [0, 0.1) is 0 Å². The molecule has 1 heterocycles. The molecule has 0 amide bonds. The van der Waals surface area contributed by atoms with Crippen molar-refractivity contribution in [2.75, 3.05) is 52.5 Å². The van der Waals surface area contributed by atoms with Crippen LogP contribution in [-0.4, -0.2) is 89.5 Å². The number of phenols is 3. The zero-order valence-corrected chi connectivity index (χ0v) is 17.0. The molecule has 0 unspecified atom stereocenters. The highest BCUT2D eigenvalue weighted by Crippen LogP contribution is 2.46. The van der Waals surface area contributed by atoms with Crippen molar-refractivity contribution in [2.45, 2.75) is 12.5 Å². The van der Waals surface area contributed by atoms with Gasteiger partial charge in [0.05, 0.1) is 38.6 Å². The van der Waals surface area contributed by atoms with Crippen molar-refractivity contribution >= 4 is 22.8 Å². The van der Waals surface area contributed by atoms with E-state index in [-0.39, 0.29) is 41.1 Å². The molecule has 0 bridgehead atoms. The number of aliphatic imine (C=N–C) groups is 1. The molecule has 4 N–H and O–H groups in total. The number of aliphatic carboxylic acids is 1. The van der Waals surface area contributed by atoms with Crippen molar-refractivity contribution < 1.29 is 44.2 Å². The minimum absolute atomic E-state index is 0.0661. The van der Waals surface area contributed by atoms with Crippen molar-refractivity contribution in [1.82, 2.24) is 0 Å². The molecule has 0 saturated heterocycles. The van der Waals surface area contributed by atoms with E-state index in [1.165, 1.54) is 6.92 Å². The molecule has 0 spiro atoms. The number of hydrogen-bond acceptors (Lipinski definition) is 10. The highest BCUT2D eigenvalue weighted by atomic mass is 32.2. The molecule has 10 nitrogen and oxygen atoms in total. The first-order valence-electron chi connectivity index (χ1n) is 8.81. The zero-order chi connectivity index (χ0) is 21.4. The summed E-state index contributed by atoms with van der Waals surface area (Å²) in [6.07, 6.45) is 0. The zero-order valence-electron chi connectivity index (χ0n) is 16.2. The summed E-state index contributed by atoms with van der Waals surface area (Å²) in [7, 11) is 1.59. The van der Waals surface area contributed by atoms with Crippen LogP contribution in [0.3, 0.4) is 0 Å². The van der Waals surface area contributed by atoms with E-state index < -0.39 is 23.0 Å². The highest BCUT2D eigenvalue weighted by molar-refractivity contribution is 8.14. The van der Waals surface area contributed by atoms with E-state index >= 15 is 0 Å². The number of carbonyl (C=O) groups is 1. The Bertz CT molecular complexity index is 755. The third-order valence-electron chi connectivity index (χ3n) is 4.02. The predicted octanol–water partition coefficient (Wildman–Crippen LogP) is 1.20. The van der Waals surface area contributed by atoms with Gasteiger partial charge in [0.15, 0.2) is 17.0 Å². The third kappa shape index (κ3) is 5.89. The van der Waals surface area contributed by atoms with E-state index in [9.17, 15) is 25.2 Å². The minimum atomic E-state index is -1.37. The summed E-state index contributed by atoms with van der Waals surface area (Å²) in [5.74, 6) is -2.70. The second-order valence-electron chi connectivity index (χ2n) is 6.32. The largest absolute Gasteiger partial charge is 0.507 e. The maximum Gasteiger partial charge on any atom is 0.332 e. The van der Waals surface area contributed by atoms with Crippen molar-refractivity contribution in [1.29, 1.82) is 0 Å². The van der Waals surface area contributed by atoms with Crippen molar-refractivity contribution in [3.63, 3.8) is 0 Å². The molecule has 1 aromatic carbocycles. The predicted molar refractivity (Wildman–Crippen MR) is 105 cm³/mol. The Morgan fingerprint density at radius 1 is 1.10 bits per heavy atom. The summed E-state index contributed by atoms with van der Waals surface area (Å²) in [5, 5.41) is 40.1. The second kappa shape index (κ2) is 10.5. The molecule has 0 aliphatic carbocycles. The number of hydrogen-bond donors (Lipinski definition) is 4. The SMILES string of the molecule is COCCOCCOCCOc1cc(O)c(C2=N[C@@](C)(C(=O)O)CS2)c(O)c1O. The monoisotopic (exact) mass is 431 g/mol. The fourth-order valence-electron chi connectivity index (χ4n) is 2.35. The molecule has 11 heteroatoms. The lowest BCUT2D eigenvalue weighted by atomic mass is 10.1. The number of rotatable bonds is 12. The summed E-state index contributed by atoms with van der Waals surface area (Å²) in [6, 6.07) is 1.14. The number of carboxylic acids is 1. The fraction of sp³-hybridized carbons (Fsp3) is 0.556. The molecular weight excluding hydrogens is 406 g/mol. The van der Waals surface area contributed by atoms with Gasteiger partial charge in [-0.3, -0.25) is 4.99 Å². The van der Waals surface area contributed by atoms with E-state index in [4.69, 9.17) is 18.9 Å². The Labute approximate surface area is 172 Å². The average Bonchev–Trinajstić information content (AvgIpc) is 3.07. The van der Waals surface area contributed by atoms with Gasteiger partial charge in [-0.05, 0) is 6.92 Å². The molecule has 1 aliphatic heterocycles. The van der Waals surface area contributed by atoms with Gasteiger partial charge in [-0.2, -0.15) is 0 Å².